The summed E-state index contributed by atoms with van der Waals surface area (Å²) in [5.74, 6) is -0.160. The number of nitrogens with one attached hydrogen (secondary N) is 1. The van der Waals surface area contributed by atoms with Crippen LogP contribution in [0.1, 0.15) is 52.6 Å². The number of halogens is 1. The van der Waals surface area contributed by atoms with E-state index >= 15 is 0 Å². The Bertz CT molecular complexity index is 1200. The van der Waals surface area contributed by atoms with Gasteiger partial charge >= 0.3 is 5.97 Å². The van der Waals surface area contributed by atoms with Gasteiger partial charge in [-0.15, -0.1) is 0 Å². The summed E-state index contributed by atoms with van der Waals surface area (Å²) >= 11 is 6.17. The van der Waals surface area contributed by atoms with Crippen LogP contribution in [0.5, 0.6) is 5.75 Å². The summed E-state index contributed by atoms with van der Waals surface area (Å²) in [5, 5.41) is 2.50. The van der Waals surface area contributed by atoms with Gasteiger partial charge in [-0.05, 0) is 68.7 Å². The summed E-state index contributed by atoms with van der Waals surface area (Å²) in [6, 6.07) is 14.7. The van der Waals surface area contributed by atoms with Crippen LogP contribution in [-0.4, -0.2) is 48.3 Å². The molecule has 7 nitrogen and oxygen atoms in total. The van der Waals surface area contributed by atoms with Gasteiger partial charge in [0.1, 0.15) is 5.75 Å². The molecular formula is C27H30ClN3O4. The summed E-state index contributed by atoms with van der Waals surface area (Å²) in [6.45, 7) is 5.33. The maximum atomic E-state index is 13.8. The van der Waals surface area contributed by atoms with E-state index in [4.69, 9.17) is 21.1 Å². The van der Waals surface area contributed by atoms with Crippen molar-refractivity contribution >= 4 is 23.5 Å². The first-order valence-corrected chi connectivity index (χ1v) is 12.2. The van der Waals surface area contributed by atoms with Gasteiger partial charge in [-0.1, -0.05) is 30.2 Å². The molecule has 1 aliphatic rings. The lowest BCUT2D eigenvalue weighted by Crippen LogP contribution is -2.45. The molecule has 2 aromatic carbocycles. The highest BCUT2D eigenvalue weighted by Crippen LogP contribution is 2.36. The highest BCUT2D eigenvalue weighted by Gasteiger charge is 2.32. The van der Waals surface area contributed by atoms with Crippen molar-refractivity contribution in [1.82, 2.24) is 15.0 Å². The number of hydrazine groups is 1. The van der Waals surface area contributed by atoms with E-state index in [1.54, 1.807) is 26.2 Å². The molecule has 3 aromatic rings. The summed E-state index contributed by atoms with van der Waals surface area (Å²) < 4.78 is 12.6. The number of carbonyl (C=O) groups excluding carboxylic acids is 2. The van der Waals surface area contributed by atoms with E-state index in [-0.39, 0.29) is 23.6 Å². The first kappa shape index (κ1) is 24.8. The molecule has 1 fully saturated rings. The topological polar surface area (TPSA) is 72.8 Å². The largest absolute Gasteiger partial charge is 0.497 e. The maximum absolute atomic E-state index is 13.8. The summed E-state index contributed by atoms with van der Waals surface area (Å²) in [5.41, 5.74) is 6.32. The van der Waals surface area contributed by atoms with E-state index < -0.39 is 5.97 Å². The molecule has 1 aromatic heterocycles. The highest BCUT2D eigenvalue weighted by atomic mass is 35.5. The third-order valence-electron chi connectivity index (χ3n) is 6.18. The molecular weight excluding hydrogens is 466 g/mol. The zero-order chi connectivity index (χ0) is 24.9. The zero-order valence-electron chi connectivity index (χ0n) is 20.3. The van der Waals surface area contributed by atoms with E-state index in [1.165, 1.54) is 0 Å². The van der Waals surface area contributed by atoms with Crippen molar-refractivity contribution in [3.63, 3.8) is 0 Å². The molecule has 1 aliphatic heterocycles. The Morgan fingerprint density at radius 3 is 2.23 bits per heavy atom. The van der Waals surface area contributed by atoms with Crippen LogP contribution in [0, 0.1) is 6.92 Å². The minimum atomic E-state index is -0.531. The summed E-state index contributed by atoms with van der Waals surface area (Å²) in [4.78, 5) is 27.0. The minimum absolute atomic E-state index is 0.204. The smallest absolute Gasteiger partial charge is 0.340 e. The van der Waals surface area contributed by atoms with E-state index in [0.717, 1.165) is 43.6 Å². The van der Waals surface area contributed by atoms with Crippen LogP contribution in [0.2, 0.25) is 5.02 Å². The van der Waals surface area contributed by atoms with E-state index in [0.29, 0.717) is 22.2 Å². The molecule has 0 atom stereocenters. The Kier molecular flexibility index (Phi) is 7.78. The molecule has 35 heavy (non-hydrogen) atoms. The van der Waals surface area contributed by atoms with Gasteiger partial charge in [0, 0.05) is 29.5 Å². The van der Waals surface area contributed by atoms with Gasteiger partial charge in [0.15, 0.2) is 0 Å². The first-order chi connectivity index (χ1) is 16.9. The number of rotatable bonds is 7. The fourth-order valence-corrected chi connectivity index (χ4v) is 4.63. The van der Waals surface area contributed by atoms with Crippen molar-refractivity contribution in [2.24, 2.45) is 0 Å². The Balaban J connectivity index is 1.95. The van der Waals surface area contributed by atoms with Gasteiger partial charge in [0.05, 0.1) is 30.5 Å². The van der Waals surface area contributed by atoms with Crippen LogP contribution in [-0.2, 0) is 4.74 Å². The standard InChI is InChI=1S/C27H30ClN3O4/c1-4-35-27(33)23-18(2)31(21-12-14-22(34-3)15-13-21)25(19-8-10-20(28)11-9-19)24(23)26(32)29-30-16-6-5-7-17-30/h8-15H,4-7,16-17H2,1-3H3,(H,29,32). The monoisotopic (exact) mass is 495 g/mol. The number of hydrogen-bond donors (Lipinski definition) is 1. The Morgan fingerprint density at radius 2 is 1.63 bits per heavy atom. The van der Waals surface area contributed by atoms with Gasteiger partial charge < -0.3 is 14.0 Å². The van der Waals surface area contributed by atoms with Crippen molar-refractivity contribution in [3.05, 3.63) is 70.4 Å². The van der Waals surface area contributed by atoms with E-state index in [1.807, 2.05) is 52.9 Å². The van der Waals surface area contributed by atoms with Crippen molar-refractivity contribution in [2.45, 2.75) is 33.1 Å². The third-order valence-corrected chi connectivity index (χ3v) is 6.43. The van der Waals surface area contributed by atoms with Crippen LogP contribution >= 0.6 is 11.6 Å². The summed E-state index contributed by atoms with van der Waals surface area (Å²) in [7, 11) is 1.61. The summed E-state index contributed by atoms with van der Waals surface area (Å²) in [6.07, 6.45) is 3.17. The minimum Gasteiger partial charge on any atom is -0.497 e. The molecule has 184 valence electrons. The predicted octanol–water partition coefficient (Wildman–Crippen LogP) is 5.42. The maximum Gasteiger partial charge on any atom is 0.340 e. The molecule has 1 amide bonds. The molecule has 0 spiro atoms. The second-order valence-corrected chi connectivity index (χ2v) is 8.87. The van der Waals surface area contributed by atoms with Gasteiger partial charge in [0.2, 0.25) is 0 Å². The Morgan fingerprint density at radius 1 is 0.971 bits per heavy atom. The molecule has 2 heterocycles. The zero-order valence-corrected chi connectivity index (χ0v) is 21.0. The fourth-order valence-electron chi connectivity index (χ4n) is 4.51. The van der Waals surface area contributed by atoms with Crippen LogP contribution in [0.15, 0.2) is 48.5 Å². The number of ether oxygens (including phenoxy) is 2. The number of carbonyl (C=O) groups is 2. The first-order valence-electron chi connectivity index (χ1n) is 11.8. The molecule has 0 saturated carbocycles. The Labute approximate surface area is 210 Å². The normalized spacial score (nSPS) is 13.9. The number of hydrogen-bond acceptors (Lipinski definition) is 5. The quantitative estimate of drug-likeness (QED) is 0.443. The number of piperidine rings is 1. The number of benzene rings is 2. The number of methoxy groups -OCH3 is 1. The highest BCUT2D eigenvalue weighted by molar-refractivity contribution is 6.30. The van der Waals surface area contributed by atoms with Crippen molar-refractivity contribution in [3.8, 4) is 22.7 Å². The number of amides is 1. The number of nitrogens with zero attached hydrogens (tertiary/aromatic N) is 2. The van der Waals surface area contributed by atoms with Crippen LogP contribution in [0.3, 0.4) is 0 Å². The van der Waals surface area contributed by atoms with Gasteiger partial charge in [0.25, 0.3) is 5.91 Å². The van der Waals surface area contributed by atoms with Crippen LogP contribution in [0.4, 0.5) is 0 Å². The molecule has 1 N–H and O–H groups in total. The van der Waals surface area contributed by atoms with Crippen LogP contribution < -0.4 is 10.2 Å². The Hall–Kier alpha value is -3.29. The molecule has 0 bridgehead atoms. The number of esters is 1. The lowest BCUT2D eigenvalue weighted by atomic mass is 10.0. The van der Waals surface area contributed by atoms with E-state index in [9.17, 15) is 9.59 Å². The second kappa shape index (κ2) is 11.0. The average Bonchev–Trinajstić information content (AvgIpc) is 3.18. The molecule has 4 rings (SSSR count). The lowest BCUT2D eigenvalue weighted by molar-refractivity contribution is 0.0518. The van der Waals surface area contributed by atoms with Gasteiger partial charge in [-0.2, -0.15) is 0 Å². The second-order valence-electron chi connectivity index (χ2n) is 8.43. The molecule has 0 unspecified atom stereocenters. The van der Waals surface area contributed by atoms with E-state index in [2.05, 4.69) is 5.43 Å². The molecule has 1 saturated heterocycles. The SMILES string of the molecule is CCOC(=O)c1c(C(=O)NN2CCCCC2)c(-c2ccc(Cl)cc2)n(-c2ccc(OC)cc2)c1C. The van der Waals surface area contributed by atoms with Crippen molar-refractivity contribution in [1.29, 1.82) is 0 Å². The number of aromatic nitrogens is 1. The van der Waals surface area contributed by atoms with Crippen molar-refractivity contribution in [2.75, 3.05) is 26.8 Å². The molecule has 0 aliphatic carbocycles. The van der Waals surface area contributed by atoms with Gasteiger partial charge in [-0.25, -0.2) is 9.80 Å². The fraction of sp³-hybridized carbons (Fsp3) is 0.333. The predicted molar refractivity (Wildman–Crippen MR) is 136 cm³/mol. The molecule has 0 radical (unpaired) electrons. The lowest BCUT2D eigenvalue weighted by Gasteiger charge is -2.27. The van der Waals surface area contributed by atoms with Crippen LogP contribution in [0.25, 0.3) is 16.9 Å². The average molecular weight is 496 g/mol. The van der Waals surface area contributed by atoms with Crippen molar-refractivity contribution < 1.29 is 19.1 Å². The third kappa shape index (κ3) is 5.21. The van der Waals surface area contributed by atoms with Gasteiger partial charge in [-0.3, -0.25) is 10.2 Å². The molecule has 8 heteroatoms.